The lowest BCUT2D eigenvalue weighted by Crippen LogP contribution is -2.41. The smallest absolute Gasteiger partial charge is 0.309 e. The molecule has 2 aliphatic rings. The molecule has 2 aliphatic heterocycles. The molecular formula is C21H28N2O5S. The van der Waals surface area contributed by atoms with Gasteiger partial charge in [-0.05, 0) is 43.7 Å². The maximum absolute atomic E-state index is 12.5. The Morgan fingerprint density at radius 1 is 1.00 bits per heavy atom. The highest BCUT2D eigenvalue weighted by Crippen LogP contribution is 2.22. The van der Waals surface area contributed by atoms with Crippen molar-refractivity contribution in [3.8, 4) is 0 Å². The number of hydrogen-bond donors (Lipinski definition) is 0. The zero-order valence-corrected chi connectivity index (χ0v) is 17.4. The molecule has 2 heterocycles. The van der Waals surface area contributed by atoms with E-state index in [1.807, 2.05) is 30.3 Å². The number of ether oxygens (including phenoxy) is 1. The summed E-state index contributed by atoms with van der Waals surface area (Å²) in [5, 5.41) is 1.21. The normalized spacial score (nSPS) is 19.4. The van der Waals surface area contributed by atoms with Crippen LogP contribution in [-0.2, 0) is 24.3 Å². The third-order valence-electron chi connectivity index (χ3n) is 5.43. The second-order valence-corrected chi connectivity index (χ2v) is 9.30. The second kappa shape index (κ2) is 10.0. The molecule has 7 nitrogen and oxygen atoms in total. The van der Waals surface area contributed by atoms with Gasteiger partial charge in [-0.25, -0.2) is 8.42 Å². The molecule has 8 heteroatoms. The summed E-state index contributed by atoms with van der Waals surface area (Å²) in [5.41, 5.74) is 0.813. The van der Waals surface area contributed by atoms with E-state index in [4.69, 9.17) is 4.74 Å². The van der Waals surface area contributed by atoms with Gasteiger partial charge in [0.2, 0.25) is 10.0 Å². The van der Waals surface area contributed by atoms with E-state index in [0.717, 1.165) is 37.9 Å². The number of carbonyl (C=O) groups is 2. The maximum atomic E-state index is 12.5. The molecule has 158 valence electrons. The van der Waals surface area contributed by atoms with Crippen molar-refractivity contribution in [2.75, 3.05) is 32.8 Å². The molecular weight excluding hydrogens is 392 g/mol. The van der Waals surface area contributed by atoms with Crippen LogP contribution >= 0.6 is 0 Å². The minimum atomic E-state index is -3.53. The van der Waals surface area contributed by atoms with E-state index in [9.17, 15) is 18.0 Å². The predicted molar refractivity (Wildman–Crippen MR) is 110 cm³/mol. The molecule has 29 heavy (non-hydrogen) atoms. The molecule has 0 aliphatic carbocycles. The number of hydrogen-bond acceptors (Lipinski definition) is 5. The summed E-state index contributed by atoms with van der Waals surface area (Å²) < 4.78 is 31.6. The largest absolute Gasteiger partial charge is 0.455 e. The second-order valence-electron chi connectivity index (χ2n) is 7.48. The van der Waals surface area contributed by atoms with Crippen molar-refractivity contribution in [3.05, 3.63) is 41.3 Å². The van der Waals surface area contributed by atoms with E-state index in [2.05, 4.69) is 0 Å². The van der Waals surface area contributed by atoms with E-state index in [1.165, 1.54) is 9.71 Å². The lowest BCUT2D eigenvalue weighted by molar-refractivity contribution is -0.156. The molecule has 1 aromatic rings. The van der Waals surface area contributed by atoms with Gasteiger partial charge >= 0.3 is 5.97 Å². The highest BCUT2D eigenvalue weighted by Gasteiger charge is 2.31. The third-order valence-corrected chi connectivity index (χ3v) is 6.99. The van der Waals surface area contributed by atoms with Gasteiger partial charge in [-0.1, -0.05) is 30.3 Å². The first-order valence-electron chi connectivity index (χ1n) is 10.1. The Hall–Kier alpha value is -2.19. The standard InChI is InChI=1S/C21H28N2O5S/c24-20(22-12-5-2-6-13-22)17-28-21(25)19-9-14-23(15-10-19)29(26,27)16-11-18-7-3-1-4-8-18/h1,3-4,7-8,11,16,19H,2,5-6,9-10,12-15,17H2/b16-11+. The average Bonchev–Trinajstić information content (AvgIpc) is 2.77. The van der Waals surface area contributed by atoms with E-state index >= 15 is 0 Å². The van der Waals surface area contributed by atoms with Crippen molar-refractivity contribution in [1.29, 1.82) is 0 Å². The van der Waals surface area contributed by atoms with Crippen molar-refractivity contribution in [2.45, 2.75) is 32.1 Å². The Morgan fingerprint density at radius 2 is 1.66 bits per heavy atom. The Balaban J connectivity index is 1.45. The molecule has 0 N–H and O–H groups in total. The van der Waals surface area contributed by atoms with Crippen molar-refractivity contribution in [2.24, 2.45) is 5.92 Å². The quantitative estimate of drug-likeness (QED) is 0.659. The lowest BCUT2D eigenvalue weighted by atomic mass is 9.98. The van der Waals surface area contributed by atoms with Crippen LogP contribution in [0.25, 0.3) is 6.08 Å². The topological polar surface area (TPSA) is 84.0 Å². The first-order chi connectivity index (χ1) is 14.0. The Bertz CT molecular complexity index is 824. The fraction of sp³-hybridized carbons (Fsp3) is 0.524. The van der Waals surface area contributed by atoms with E-state index in [0.29, 0.717) is 12.8 Å². The van der Waals surface area contributed by atoms with E-state index in [-0.39, 0.29) is 31.5 Å². The van der Waals surface area contributed by atoms with Gasteiger partial charge < -0.3 is 9.64 Å². The first kappa shape index (κ1) is 21.5. The number of likely N-dealkylation sites (tertiary alicyclic amines) is 1. The first-order valence-corrected chi connectivity index (χ1v) is 11.6. The Labute approximate surface area is 172 Å². The van der Waals surface area contributed by atoms with Gasteiger partial charge in [0.05, 0.1) is 5.92 Å². The van der Waals surface area contributed by atoms with Crippen LogP contribution in [0.2, 0.25) is 0 Å². The monoisotopic (exact) mass is 420 g/mol. The fourth-order valence-electron chi connectivity index (χ4n) is 3.65. The van der Waals surface area contributed by atoms with Gasteiger partial charge in [-0.15, -0.1) is 0 Å². The maximum Gasteiger partial charge on any atom is 0.309 e. The lowest BCUT2D eigenvalue weighted by Gasteiger charge is -2.29. The number of benzene rings is 1. The van der Waals surface area contributed by atoms with Crippen LogP contribution < -0.4 is 0 Å². The van der Waals surface area contributed by atoms with Gasteiger partial charge in [-0.3, -0.25) is 9.59 Å². The zero-order chi connectivity index (χ0) is 20.7. The van der Waals surface area contributed by atoms with Gasteiger partial charge in [-0.2, -0.15) is 4.31 Å². The number of amides is 1. The van der Waals surface area contributed by atoms with Gasteiger partial charge in [0.1, 0.15) is 0 Å². The SMILES string of the molecule is O=C(OCC(=O)N1CCCCC1)C1CCN(S(=O)(=O)/C=C/c2ccccc2)CC1. The van der Waals surface area contributed by atoms with Crippen LogP contribution in [-0.4, -0.2) is 62.3 Å². The minimum absolute atomic E-state index is 0.149. The van der Waals surface area contributed by atoms with Crippen molar-refractivity contribution in [1.82, 2.24) is 9.21 Å². The molecule has 0 spiro atoms. The van der Waals surface area contributed by atoms with Crippen LogP contribution in [0.4, 0.5) is 0 Å². The molecule has 0 bridgehead atoms. The summed E-state index contributed by atoms with van der Waals surface area (Å²) in [6.07, 6.45) is 5.48. The summed E-state index contributed by atoms with van der Waals surface area (Å²) >= 11 is 0. The number of nitrogens with zero attached hydrogens (tertiary/aromatic N) is 2. The summed E-state index contributed by atoms with van der Waals surface area (Å²) in [6.45, 7) is 1.76. The zero-order valence-electron chi connectivity index (χ0n) is 16.5. The van der Waals surface area contributed by atoms with E-state index < -0.39 is 16.0 Å². The summed E-state index contributed by atoms with van der Waals surface area (Å²) in [5.74, 6) is -0.926. The van der Waals surface area contributed by atoms with Crippen LogP contribution in [0.15, 0.2) is 35.7 Å². The van der Waals surface area contributed by atoms with Gasteiger partial charge in [0.15, 0.2) is 6.61 Å². The fourth-order valence-corrected chi connectivity index (χ4v) is 4.87. The van der Waals surface area contributed by atoms with Crippen LogP contribution in [0.3, 0.4) is 0 Å². The summed E-state index contributed by atoms with van der Waals surface area (Å²) in [6, 6.07) is 9.23. The molecule has 0 radical (unpaired) electrons. The Morgan fingerprint density at radius 3 is 2.31 bits per heavy atom. The third kappa shape index (κ3) is 6.14. The summed E-state index contributed by atoms with van der Waals surface area (Å²) in [7, 11) is -3.53. The van der Waals surface area contributed by atoms with Crippen molar-refractivity contribution >= 4 is 28.0 Å². The van der Waals surface area contributed by atoms with Gasteiger partial charge in [0.25, 0.3) is 5.91 Å². The average molecular weight is 421 g/mol. The van der Waals surface area contributed by atoms with Crippen LogP contribution in [0.1, 0.15) is 37.7 Å². The number of sulfonamides is 1. The summed E-state index contributed by atoms with van der Waals surface area (Å²) in [4.78, 5) is 26.1. The molecule has 3 rings (SSSR count). The molecule has 0 unspecified atom stereocenters. The Kier molecular flexibility index (Phi) is 7.44. The molecule has 2 saturated heterocycles. The van der Waals surface area contributed by atoms with Crippen LogP contribution in [0.5, 0.6) is 0 Å². The predicted octanol–water partition coefficient (Wildman–Crippen LogP) is 2.25. The molecule has 1 aromatic carbocycles. The molecule has 2 fully saturated rings. The van der Waals surface area contributed by atoms with Gasteiger partial charge in [0, 0.05) is 31.6 Å². The highest BCUT2D eigenvalue weighted by atomic mass is 32.2. The number of carbonyl (C=O) groups excluding carboxylic acids is 2. The number of rotatable bonds is 6. The number of piperidine rings is 2. The molecule has 0 aromatic heterocycles. The minimum Gasteiger partial charge on any atom is -0.455 e. The molecule has 0 saturated carbocycles. The van der Waals surface area contributed by atoms with E-state index in [1.54, 1.807) is 11.0 Å². The number of esters is 1. The highest BCUT2D eigenvalue weighted by molar-refractivity contribution is 7.92. The molecule has 1 amide bonds. The van der Waals surface area contributed by atoms with Crippen molar-refractivity contribution < 1.29 is 22.7 Å². The van der Waals surface area contributed by atoms with Crippen molar-refractivity contribution in [3.63, 3.8) is 0 Å². The van der Waals surface area contributed by atoms with Crippen LogP contribution in [0, 0.1) is 5.92 Å². The molecule has 0 atom stereocenters.